The van der Waals surface area contributed by atoms with Crippen LogP contribution in [0.4, 0.5) is 0 Å². The largest absolute Gasteiger partial charge is 0.369 e. The predicted octanol–water partition coefficient (Wildman–Crippen LogP) is 6.00. The molecule has 1 heterocycles. The van der Waals surface area contributed by atoms with Crippen molar-refractivity contribution in [3.63, 3.8) is 0 Å². The van der Waals surface area contributed by atoms with Crippen molar-refractivity contribution in [2.45, 2.75) is 58.5 Å². The average molecular weight is 559 g/mol. The Balaban J connectivity index is 1.77. The summed E-state index contributed by atoms with van der Waals surface area (Å²) < 4.78 is 0. The zero-order valence-electron chi connectivity index (χ0n) is 22.1. The lowest BCUT2D eigenvalue weighted by Gasteiger charge is -2.29. The van der Waals surface area contributed by atoms with Gasteiger partial charge in [0.2, 0.25) is 17.7 Å². The molecule has 2 aromatic rings. The number of benzene rings is 2. The van der Waals surface area contributed by atoms with Crippen LogP contribution in [0, 0.1) is 17.8 Å². The maximum atomic E-state index is 13.6. The Morgan fingerprint density at radius 1 is 1.16 bits per heavy atom. The molecule has 3 N–H and O–H groups in total. The SMILES string of the molecule is C=CCC(C(N)=O)C(CC(C)C)C(=O)N[C@H]1CCCCN(Cc2cccc(-c3ccc(Cl)cc3Cl)c2)C1=O. The molecule has 0 aromatic heterocycles. The Hall–Kier alpha value is -2.83. The van der Waals surface area contributed by atoms with Crippen LogP contribution in [-0.2, 0) is 20.9 Å². The molecular formula is C30H37Cl2N3O3. The molecule has 0 aliphatic carbocycles. The minimum atomic E-state index is -0.658. The first-order valence-corrected chi connectivity index (χ1v) is 13.9. The van der Waals surface area contributed by atoms with Crippen molar-refractivity contribution < 1.29 is 14.4 Å². The second kappa shape index (κ2) is 13.8. The average Bonchev–Trinajstić information content (AvgIpc) is 3.02. The molecule has 6 nitrogen and oxygen atoms in total. The van der Waals surface area contributed by atoms with E-state index in [0.717, 1.165) is 29.5 Å². The molecule has 1 aliphatic heterocycles. The van der Waals surface area contributed by atoms with Gasteiger partial charge in [0.15, 0.2) is 0 Å². The monoisotopic (exact) mass is 557 g/mol. The Bertz CT molecular complexity index is 1170. The molecule has 0 bridgehead atoms. The maximum absolute atomic E-state index is 13.6. The van der Waals surface area contributed by atoms with Crippen LogP contribution in [0.2, 0.25) is 10.0 Å². The second-order valence-electron chi connectivity index (χ2n) is 10.4. The number of nitrogens with one attached hydrogen (secondary N) is 1. The van der Waals surface area contributed by atoms with Crippen LogP contribution in [0.1, 0.15) is 51.5 Å². The first kappa shape index (κ1) is 29.7. The third-order valence-corrected chi connectivity index (χ3v) is 7.52. The first-order valence-electron chi connectivity index (χ1n) is 13.1. The highest BCUT2D eigenvalue weighted by Crippen LogP contribution is 2.31. The fourth-order valence-corrected chi connectivity index (χ4v) is 5.59. The summed E-state index contributed by atoms with van der Waals surface area (Å²) in [4.78, 5) is 40.9. The van der Waals surface area contributed by atoms with Crippen LogP contribution < -0.4 is 11.1 Å². The van der Waals surface area contributed by atoms with E-state index in [9.17, 15) is 14.4 Å². The van der Waals surface area contributed by atoms with E-state index < -0.39 is 23.8 Å². The van der Waals surface area contributed by atoms with Crippen LogP contribution in [0.25, 0.3) is 11.1 Å². The molecule has 2 aromatic carbocycles. The zero-order valence-corrected chi connectivity index (χ0v) is 23.6. The van der Waals surface area contributed by atoms with E-state index in [1.807, 2.05) is 44.2 Å². The van der Waals surface area contributed by atoms with Crippen molar-refractivity contribution >= 4 is 40.9 Å². The summed E-state index contributed by atoms with van der Waals surface area (Å²) in [5, 5.41) is 4.10. The number of hydrogen-bond acceptors (Lipinski definition) is 3. The van der Waals surface area contributed by atoms with Gasteiger partial charge in [0, 0.05) is 28.7 Å². The Morgan fingerprint density at radius 2 is 1.92 bits per heavy atom. The summed E-state index contributed by atoms with van der Waals surface area (Å²) in [5.74, 6) is -2.04. The third kappa shape index (κ3) is 7.84. The van der Waals surface area contributed by atoms with E-state index in [1.165, 1.54) is 0 Å². The number of amides is 3. The van der Waals surface area contributed by atoms with Gasteiger partial charge in [-0.3, -0.25) is 14.4 Å². The lowest BCUT2D eigenvalue weighted by molar-refractivity contribution is -0.139. The molecule has 3 amide bonds. The van der Waals surface area contributed by atoms with Gasteiger partial charge in [0.25, 0.3) is 0 Å². The number of nitrogens with two attached hydrogens (primary N) is 1. The van der Waals surface area contributed by atoms with Crippen molar-refractivity contribution in [1.29, 1.82) is 0 Å². The maximum Gasteiger partial charge on any atom is 0.245 e. The smallest absolute Gasteiger partial charge is 0.245 e. The fourth-order valence-electron chi connectivity index (χ4n) is 5.08. The first-order chi connectivity index (χ1) is 18.1. The second-order valence-corrected chi connectivity index (χ2v) is 11.3. The molecule has 0 saturated carbocycles. The number of likely N-dealkylation sites (tertiary alicyclic amines) is 1. The van der Waals surface area contributed by atoms with E-state index in [4.69, 9.17) is 28.9 Å². The summed E-state index contributed by atoms with van der Waals surface area (Å²) in [7, 11) is 0. The molecular weight excluding hydrogens is 521 g/mol. The van der Waals surface area contributed by atoms with E-state index in [2.05, 4.69) is 11.9 Å². The van der Waals surface area contributed by atoms with Crippen LogP contribution >= 0.6 is 23.2 Å². The van der Waals surface area contributed by atoms with Gasteiger partial charge in [0.05, 0.1) is 11.8 Å². The van der Waals surface area contributed by atoms with Gasteiger partial charge < -0.3 is 16.0 Å². The van der Waals surface area contributed by atoms with Crippen molar-refractivity contribution in [1.82, 2.24) is 10.2 Å². The Labute approximate surface area is 235 Å². The molecule has 0 radical (unpaired) electrons. The van der Waals surface area contributed by atoms with Crippen molar-refractivity contribution in [2.24, 2.45) is 23.5 Å². The van der Waals surface area contributed by atoms with Crippen LogP contribution in [-0.4, -0.2) is 35.2 Å². The summed E-state index contributed by atoms with van der Waals surface area (Å²) in [6, 6.07) is 12.6. The molecule has 8 heteroatoms. The highest BCUT2D eigenvalue weighted by atomic mass is 35.5. The molecule has 3 atom stereocenters. The van der Waals surface area contributed by atoms with Crippen molar-refractivity contribution in [2.75, 3.05) is 6.54 Å². The highest BCUT2D eigenvalue weighted by molar-refractivity contribution is 6.36. The third-order valence-electron chi connectivity index (χ3n) is 6.97. The number of allylic oxidation sites excluding steroid dienone is 1. The number of rotatable bonds is 11. The lowest BCUT2D eigenvalue weighted by Crippen LogP contribution is -2.50. The number of halogens is 2. The van der Waals surface area contributed by atoms with Gasteiger partial charge in [-0.1, -0.05) is 67.4 Å². The standard InChI is InChI=1S/C30H37Cl2N3O3/c1-4-8-24(28(33)36)25(15-19(2)3)29(37)34-27-11-5-6-14-35(30(27)38)18-20-9-7-10-21(16-20)23-13-12-22(31)17-26(23)32/h4,7,9-10,12-13,16-17,19,24-25,27H,1,5-6,8,11,14-15,18H2,2-3H3,(H2,33,36)(H,34,37)/t24?,25?,27-/m0/s1. The van der Waals surface area contributed by atoms with Crippen molar-refractivity contribution in [3.05, 3.63) is 70.7 Å². The van der Waals surface area contributed by atoms with E-state index in [-0.39, 0.29) is 17.7 Å². The number of nitrogens with zero attached hydrogens (tertiary/aromatic N) is 1. The fraction of sp³-hybridized carbons (Fsp3) is 0.433. The molecule has 38 heavy (non-hydrogen) atoms. The minimum Gasteiger partial charge on any atom is -0.369 e. The molecule has 1 saturated heterocycles. The quantitative estimate of drug-likeness (QED) is 0.332. The molecule has 204 valence electrons. The zero-order chi connectivity index (χ0) is 27.8. The highest BCUT2D eigenvalue weighted by Gasteiger charge is 2.35. The normalized spacial score (nSPS) is 17.6. The van der Waals surface area contributed by atoms with Gasteiger partial charge in [-0.15, -0.1) is 6.58 Å². The van der Waals surface area contributed by atoms with Gasteiger partial charge >= 0.3 is 0 Å². The summed E-state index contributed by atoms with van der Waals surface area (Å²) >= 11 is 12.5. The summed E-state index contributed by atoms with van der Waals surface area (Å²) in [6.45, 7) is 8.73. The lowest BCUT2D eigenvalue weighted by atomic mass is 9.82. The number of carbonyl (C=O) groups excluding carboxylic acids is 3. The van der Waals surface area contributed by atoms with E-state index in [0.29, 0.717) is 42.4 Å². The van der Waals surface area contributed by atoms with Gasteiger partial charge in [-0.05, 0) is 67.3 Å². The minimum absolute atomic E-state index is 0.117. The van der Waals surface area contributed by atoms with E-state index >= 15 is 0 Å². The van der Waals surface area contributed by atoms with Gasteiger partial charge in [-0.25, -0.2) is 0 Å². The molecule has 2 unspecified atom stereocenters. The molecule has 0 spiro atoms. The Morgan fingerprint density at radius 3 is 2.58 bits per heavy atom. The van der Waals surface area contributed by atoms with Gasteiger partial charge in [-0.2, -0.15) is 0 Å². The number of primary amides is 1. The predicted molar refractivity (Wildman–Crippen MR) is 154 cm³/mol. The van der Waals surface area contributed by atoms with E-state index in [1.54, 1.807) is 23.1 Å². The Kier molecular flexibility index (Phi) is 10.8. The number of carbonyl (C=O) groups is 3. The summed E-state index contributed by atoms with van der Waals surface area (Å²) in [6.07, 6.45) is 4.64. The topological polar surface area (TPSA) is 92.5 Å². The molecule has 1 fully saturated rings. The molecule has 3 rings (SSSR count). The molecule has 1 aliphatic rings. The van der Waals surface area contributed by atoms with Crippen LogP contribution in [0.5, 0.6) is 0 Å². The number of hydrogen-bond donors (Lipinski definition) is 2. The van der Waals surface area contributed by atoms with Gasteiger partial charge in [0.1, 0.15) is 6.04 Å². The van der Waals surface area contributed by atoms with Crippen molar-refractivity contribution in [3.8, 4) is 11.1 Å². The summed E-state index contributed by atoms with van der Waals surface area (Å²) in [5.41, 5.74) is 8.41. The van der Waals surface area contributed by atoms with Crippen LogP contribution in [0.15, 0.2) is 55.1 Å². The van der Waals surface area contributed by atoms with Crippen LogP contribution in [0.3, 0.4) is 0 Å².